The topological polar surface area (TPSA) is 66.5 Å². The van der Waals surface area contributed by atoms with Gasteiger partial charge in [-0.05, 0) is 35.9 Å². The average molecular weight is 379 g/mol. The number of sulfonamides is 1. The predicted octanol–water partition coefficient (Wildman–Crippen LogP) is 3.22. The van der Waals surface area contributed by atoms with E-state index >= 15 is 0 Å². The van der Waals surface area contributed by atoms with Crippen LogP contribution in [0.4, 0.5) is 5.69 Å². The van der Waals surface area contributed by atoms with Gasteiger partial charge in [-0.1, -0.05) is 35.9 Å². The molecule has 0 aliphatic carbocycles. The Hall–Kier alpha value is -2.31. The van der Waals surface area contributed by atoms with Crippen molar-refractivity contribution >= 4 is 33.2 Å². The van der Waals surface area contributed by atoms with Gasteiger partial charge in [0.15, 0.2) is 0 Å². The Morgan fingerprint density at radius 3 is 2.40 bits per heavy atom. The summed E-state index contributed by atoms with van der Waals surface area (Å²) in [6, 6.07) is 13.4. The third-order valence-electron chi connectivity index (χ3n) is 3.50. The number of halogens is 1. The molecule has 0 atom stereocenters. The van der Waals surface area contributed by atoms with Crippen molar-refractivity contribution in [3.63, 3.8) is 0 Å². The van der Waals surface area contributed by atoms with Gasteiger partial charge in [0, 0.05) is 17.1 Å². The summed E-state index contributed by atoms with van der Waals surface area (Å²) in [5.41, 5.74) is 1.60. The molecule has 0 saturated heterocycles. The van der Waals surface area contributed by atoms with Gasteiger partial charge in [0.25, 0.3) is 5.91 Å². The van der Waals surface area contributed by atoms with E-state index < -0.39 is 10.0 Å². The molecule has 0 heterocycles. The molecular formula is C18H19ClN2O3S. The van der Waals surface area contributed by atoms with Crippen molar-refractivity contribution in [2.75, 3.05) is 17.1 Å². The standard InChI is InChI=1S/C18H19ClN2O3S/c1-3-12-20-18(22)14-8-10-16(11-9-14)21(25(2,23)24)13-15-6-4-5-7-17(15)19/h3-11H,1,12-13H2,2H3,(H,20,22). The minimum atomic E-state index is -3.52. The zero-order valence-electron chi connectivity index (χ0n) is 13.8. The fourth-order valence-electron chi connectivity index (χ4n) is 2.23. The molecule has 25 heavy (non-hydrogen) atoms. The minimum Gasteiger partial charge on any atom is -0.349 e. The van der Waals surface area contributed by atoms with Crippen LogP contribution in [-0.4, -0.2) is 27.1 Å². The summed E-state index contributed by atoms with van der Waals surface area (Å²) in [5.74, 6) is -0.247. The number of rotatable bonds is 7. The first-order valence-electron chi connectivity index (χ1n) is 7.53. The normalized spacial score (nSPS) is 11.0. The zero-order chi connectivity index (χ0) is 18.4. The number of nitrogens with one attached hydrogen (secondary N) is 1. The van der Waals surface area contributed by atoms with Gasteiger partial charge in [0.2, 0.25) is 10.0 Å². The molecule has 2 rings (SSSR count). The zero-order valence-corrected chi connectivity index (χ0v) is 15.3. The van der Waals surface area contributed by atoms with Crippen LogP contribution in [-0.2, 0) is 16.6 Å². The van der Waals surface area contributed by atoms with E-state index in [9.17, 15) is 13.2 Å². The van der Waals surface area contributed by atoms with E-state index in [1.54, 1.807) is 54.6 Å². The Morgan fingerprint density at radius 2 is 1.84 bits per heavy atom. The number of amides is 1. The maximum absolute atomic E-state index is 12.2. The van der Waals surface area contributed by atoms with Crippen molar-refractivity contribution in [2.24, 2.45) is 0 Å². The number of carbonyl (C=O) groups excluding carboxylic acids is 1. The third kappa shape index (κ3) is 5.08. The quantitative estimate of drug-likeness (QED) is 0.752. The van der Waals surface area contributed by atoms with Gasteiger partial charge < -0.3 is 5.32 Å². The van der Waals surface area contributed by atoms with Gasteiger partial charge in [0.1, 0.15) is 0 Å². The molecule has 5 nitrogen and oxygen atoms in total. The molecule has 0 radical (unpaired) electrons. The number of carbonyl (C=O) groups is 1. The molecule has 0 aliphatic rings. The van der Waals surface area contributed by atoms with Crippen LogP contribution < -0.4 is 9.62 Å². The Morgan fingerprint density at radius 1 is 1.20 bits per heavy atom. The molecule has 132 valence electrons. The van der Waals surface area contributed by atoms with Gasteiger partial charge in [-0.15, -0.1) is 6.58 Å². The Labute approximate surface area is 153 Å². The van der Waals surface area contributed by atoms with Crippen LogP contribution in [0, 0.1) is 0 Å². The Kier molecular flexibility index (Phi) is 6.22. The lowest BCUT2D eigenvalue weighted by molar-refractivity contribution is 0.0958. The first-order valence-corrected chi connectivity index (χ1v) is 9.76. The van der Waals surface area contributed by atoms with Crippen LogP contribution in [0.3, 0.4) is 0 Å². The van der Waals surface area contributed by atoms with Crippen LogP contribution in [0.2, 0.25) is 5.02 Å². The van der Waals surface area contributed by atoms with Crippen molar-refractivity contribution in [3.05, 3.63) is 77.3 Å². The summed E-state index contributed by atoms with van der Waals surface area (Å²) >= 11 is 6.14. The summed E-state index contributed by atoms with van der Waals surface area (Å²) in [6.45, 7) is 4.01. The Bertz CT molecular complexity index is 864. The molecule has 0 spiro atoms. The van der Waals surface area contributed by atoms with E-state index in [-0.39, 0.29) is 12.5 Å². The molecule has 1 N–H and O–H groups in total. The number of benzene rings is 2. The number of nitrogens with zero attached hydrogens (tertiary/aromatic N) is 1. The van der Waals surface area contributed by atoms with Crippen LogP contribution in [0.15, 0.2) is 61.2 Å². The summed E-state index contributed by atoms with van der Waals surface area (Å²) in [6.07, 6.45) is 2.72. The lowest BCUT2D eigenvalue weighted by Gasteiger charge is -2.23. The summed E-state index contributed by atoms with van der Waals surface area (Å²) in [7, 11) is -3.52. The van der Waals surface area contributed by atoms with Crippen LogP contribution in [0.5, 0.6) is 0 Å². The van der Waals surface area contributed by atoms with E-state index in [1.807, 2.05) is 0 Å². The number of hydrogen-bond acceptors (Lipinski definition) is 3. The van der Waals surface area contributed by atoms with Crippen molar-refractivity contribution in [3.8, 4) is 0 Å². The highest BCUT2D eigenvalue weighted by molar-refractivity contribution is 7.92. The fourth-order valence-corrected chi connectivity index (χ4v) is 3.30. The van der Waals surface area contributed by atoms with Crippen molar-refractivity contribution < 1.29 is 13.2 Å². The lowest BCUT2D eigenvalue weighted by atomic mass is 10.1. The molecule has 2 aromatic rings. The molecule has 0 aliphatic heterocycles. The summed E-state index contributed by atoms with van der Waals surface area (Å²) in [5, 5.41) is 3.17. The van der Waals surface area contributed by atoms with Crippen molar-refractivity contribution in [1.29, 1.82) is 0 Å². The van der Waals surface area contributed by atoms with Crippen LogP contribution in [0.25, 0.3) is 0 Å². The molecule has 0 fully saturated rings. The molecule has 1 amide bonds. The fraction of sp³-hybridized carbons (Fsp3) is 0.167. The number of anilines is 1. The average Bonchev–Trinajstić information content (AvgIpc) is 2.58. The highest BCUT2D eigenvalue weighted by Crippen LogP contribution is 2.24. The van der Waals surface area contributed by atoms with E-state index in [1.165, 1.54) is 4.31 Å². The molecule has 0 saturated carbocycles. The second-order valence-electron chi connectivity index (χ2n) is 5.41. The highest BCUT2D eigenvalue weighted by atomic mass is 35.5. The predicted molar refractivity (Wildman–Crippen MR) is 101 cm³/mol. The van der Waals surface area contributed by atoms with Crippen LogP contribution in [0.1, 0.15) is 15.9 Å². The van der Waals surface area contributed by atoms with Gasteiger partial charge in [-0.3, -0.25) is 9.10 Å². The molecular weight excluding hydrogens is 360 g/mol. The summed E-state index contributed by atoms with van der Waals surface area (Å²) < 4.78 is 25.6. The van der Waals surface area contributed by atoms with Crippen LogP contribution >= 0.6 is 11.6 Å². The van der Waals surface area contributed by atoms with Gasteiger partial charge in [-0.25, -0.2) is 8.42 Å². The third-order valence-corrected chi connectivity index (χ3v) is 5.01. The maximum atomic E-state index is 12.2. The maximum Gasteiger partial charge on any atom is 0.251 e. The SMILES string of the molecule is C=CCNC(=O)c1ccc(N(Cc2ccccc2Cl)S(C)(=O)=O)cc1. The van der Waals surface area contributed by atoms with E-state index in [0.717, 1.165) is 6.26 Å². The first kappa shape index (κ1) is 19.0. The molecule has 7 heteroatoms. The van der Waals surface area contributed by atoms with Gasteiger partial charge >= 0.3 is 0 Å². The molecule has 0 aromatic heterocycles. The first-order chi connectivity index (χ1) is 11.8. The monoisotopic (exact) mass is 378 g/mol. The highest BCUT2D eigenvalue weighted by Gasteiger charge is 2.19. The second kappa shape index (κ2) is 8.18. The smallest absolute Gasteiger partial charge is 0.251 e. The van der Waals surface area contributed by atoms with Crippen molar-refractivity contribution in [1.82, 2.24) is 5.32 Å². The van der Waals surface area contributed by atoms with Gasteiger partial charge in [0.05, 0.1) is 18.5 Å². The lowest BCUT2D eigenvalue weighted by Crippen LogP contribution is -2.29. The molecule has 2 aromatic carbocycles. The molecule has 0 bridgehead atoms. The number of hydrogen-bond donors (Lipinski definition) is 1. The van der Waals surface area contributed by atoms with E-state index in [0.29, 0.717) is 28.4 Å². The van der Waals surface area contributed by atoms with E-state index in [4.69, 9.17) is 11.6 Å². The Balaban J connectivity index is 2.29. The van der Waals surface area contributed by atoms with E-state index in [2.05, 4.69) is 11.9 Å². The largest absolute Gasteiger partial charge is 0.349 e. The minimum absolute atomic E-state index is 0.112. The summed E-state index contributed by atoms with van der Waals surface area (Å²) in [4.78, 5) is 11.9. The van der Waals surface area contributed by atoms with Crippen molar-refractivity contribution in [2.45, 2.75) is 6.54 Å². The molecule has 0 unspecified atom stereocenters. The van der Waals surface area contributed by atoms with Gasteiger partial charge in [-0.2, -0.15) is 0 Å². The second-order valence-corrected chi connectivity index (χ2v) is 7.72.